The maximum atomic E-state index is 13.7. The Morgan fingerprint density at radius 3 is 1.97 bits per heavy atom. The van der Waals surface area contributed by atoms with Crippen molar-refractivity contribution >= 4 is 49.8 Å². The van der Waals surface area contributed by atoms with E-state index in [1.807, 2.05) is 0 Å². The third kappa shape index (κ3) is 9.03. The summed E-state index contributed by atoms with van der Waals surface area (Å²) in [5, 5.41) is 3.33. The van der Waals surface area contributed by atoms with Gasteiger partial charge in [0.1, 0.15) is 6.04 Å². The van der Waals surface area contributed by atoms with Crippen LogP contribution < -0.4 is 10.6 Å². The Labute approximate surface area is 226 Å². The van der Waals surface area contributed by atoms with Gasteiger partial charge in [0.05, 0.1) is 23.6 Å². The lowest BCUT2D eigenvalue weighted by atomic mass is 9.96. The average Bonchev–Trinajstić information content (AvgIpc) is 2.74. The molecular weight excluding hydrogens is 667 g/mol. The second-order valence-electron chi connectivity index (χ2n) is 7.90. The molecule has 2 rings (SSSR count). The Kier molecular flexibility index (Phi) is 10.1. The standard InChI is InChI=1S/C23H17Br2F9N2O2/c1-11(21(26,27)28)36-19(37)10-35-20(38)16-4-2-12(6-18(16)23(32,33)34)3-5-17(22(29,30)31)13-7-14(24)9-15(25)8-13/h2-9,11,17H,10H2,1H3,(H,35,38)(H,36,37). The van der Waals surface area contributed by atoms with Gasteiger partial charge in [-0.05, 0) is 48.4 Å². The van der Waals surface area contributed by atoms with Crippen molar-refractivity contribution in [2.45, 2.75) is 37.4 Å². The number of carbonyl (C=O) groups is 2. The first kappa shape index (κ1) is 31.7. The van der Waals surface area contributed by atoms with Crippen LogP contribution in [0.25, 0.3) is 6.08 Å². The van der Waals surface area contributed by atoms with Crippen molar-refractivity contribution in [2.24, 2.45) is 0 Å². The zero-order valence-corrected chi connectivity index (χ0v) is 22.1. The Hall–Kier alpha value is -2.55. The van der Waals surface area contributed by atoms with Gasteiger partial charge in [-0.25, -0.2) is 0 Å². The van der Waals surface area contributed by atoms with Gasteiger partial charge in [0.25, 0.3) is 5.91 Å². The molecule has 38 heavy (non-hydrogen) atoms. The molecule has 0 heterocycles. The summed E-state index contributed by atoms with van der Waals surface area (Å²) < 4.78 is 120. The molecule has 0 bridgehead atoms. The highest BCUT2D eigenvalue weighted by atomic mass is 79.9. The van der Waals surface area contributed by atoms with E-state index < -0.39 is 60.0 Å². The van der Waals surface area contributed by atoms with Crippen molar-refractivity contribution in [1.29, 1.82) is 0 Å². The third-order valence-electron chi connectivity index (χ3n) is 4.95. The molecule has 0 aliphatic carbocycles. The summed E-state index contributed by atoms with van der Waals surface area (Å²) in [6, 6.07) is 3.73. The summed E-state index contributed by atoms with van der Waals surface area (Å²) in [5.41, 5.74) is -3.00. The van der Waals surface area contributed by atoms with Crippen LogP contribution in [0.1, 0.15) is 39.9 Å². The maximum absolute atomic E-state index is 13.7. The molecule has 2 unspecified atom stereocenters. The highest BCUT2D eigenvalue weighted by molar-refractivity contribution is 9.11. The van der Waals surface area contributed by atoms with Gasteiger partial charge in [-0.2, -0.15) is 39.5 Å². The van der Waals surface area contributed by atoms with Crippen LogP contribution in [-0.4, -0.2) is 36.8 Å². The maximum Gasteiger partial charge on any atom is 0.417 e. The minimum atomic E-state index is -5.12. The molecule has 0 aliphatic heterocycles. The molecule has 0 fully saturated rings. The summed E-state index contributed by atoms with van der Waals surface area (Å²) in [4.78, 5) is 23.9. The SMILES string of the molecule is CC(NC(=O)CNC(=O)c1ccc(C=CC(c2cc(Br)cc(Br)c2)C(F)(F)F)cc1C(F)(F)F)C(F)(F)F. The van der Waals surface area contributed by atoms with Crippen molar-refractivity contribution in [3.63, 3.8) is 0 Å². The van der Waals surface area contributed by atoms with E-state index in [2.05, 4.69) is 31.9 Å². The molecule has 0 saturated heterocycles. The number of hydrogen-bond donors (Lipinski definition) is 2. The lowest BCUT2D eigenvalue weighted by molar-refractivity contribution is -0.157. The molecule has 0 aliphatic rings. The first-order valence-corrected chi connectivity index (χ1v) is 11.9. The summed E-state index contributed by atoms with van der Waals surface area (Å²) in [5.74, 6) is -4.89. The summed E-state index contributed by atoms with van der Waals surface area (Å²) in [6.45, 7) is -0.416. The van der Waals surface area contributed by atoms with E-state index in [1.165, 1.54) is 23.5 Å². The van der Waals surface area contributed by atoms with E-state index in [1.54, 1.807) is 5.32 Å². The fraction of sp³-hybridized carbons (Fsp3) is 0.304. The van der Waals surface area contributed by atoms with E-state index >= 15 is 0 Å². The van der Waals surface area contributed by atoms with Gasteiger partial charge >= 0.3 is 18.5 Å². The number of rotatable bonds is 7. The second kappa shape index (κ2) is 12.1. The summed E-state index contributed by atoms with van der Waals surface area (Å²) in [7, 11) is 0. The second-order valence-corrected chi connectivity index (χ2v) is 9.73. The predicted molar refractivity (Wildman–Crippen MR) is 127 cm³/mol. The van der Waals surface area contributed by atoms with Crippen molar-refractivity contribution in [1.82, 2.24) is 10.6 Å². The van der Waals surface area contributed by atoms with E-state index in [4.69, 9.17) is 0 Å². The van der Waals surface area contributed by atoms with Crippen molar-refractivity contribution in [3.05, 3.63) is 73.7 Å². The monoisotopic (exact) mass is 682 g/mol. The molecule has 2 atom stereocenters. The number of alkyl halides is 9. The Morgan fingerprint density at radius 1 is 0.895 bits per heavy atom. The number of carbonyl (C=O) groups excluding carboxylic acids is 2. The van der Waals surface area contributed by atoms with Crippen LogP contribution in [0, 0.1) is 0 Å². The number of allylic oxidation sites excluding steroid dienone is 1. The molecule has 2 aromatic rings. The smallest absolute Gasteiger partial charge is 0.343 e. The highest BCUT2D eigenvalue weighted by Gasteiger charge is 2.40. The zero-order chi connectivity index (χ0) is 29.1. The van der Waals surface area contributed by atoms with E-state index in [0.29, 0.717) is 34.1 Å². The molecule has 15 heteroatoms. The summed E-state index contributed by atoms with van der Waals surface area (Å²) >= 11 is 6.16. The topological polar surface area (TPSA) is 58.2 Å². The normalized spacial score (nSPS) is 14.3. The summed E-state index contributed by atoms with van der Waals surface area (Å²) in [6.07, 6.45) is -13.2. The van der Waals surface area contributed by atoms with Gasteiger partial charge in [0.2, 0.25) is 5.91 Å². The van der Waals surface area contributed by atoms with Crippen LogP contribution in [-0.2, 0) is 11.0 Å². The minimum Gasteiger partial charge on any atom is -0.343 e. The van der Waals surface area contributed by atoms with Gasteiger partial charge in [-0.15, -0.1) is 0 Å². The van der Waals surface area contributed by atoms with Crippen molar-refractivity contribution in [3.8, 4) is 0 Å². The highest BCUT2D eigenvalue weighted by Crippen LogP contribution is 2.39. The van der Waals surface area contributed by atoms with Crippen LogP contribution in [0.2, 0.25) is 0 Å². The van der Waals surface area contributed by atoms with Crippen LogP contribution in [0.4, 0.5) is 39.5 Å². The first-order valence-electron chi connectivity index (χ1n) is 10.4. The number of nitrogens with one attached hydrogen (secondary N) is 2. The van der Waals surface area contributed by atoms with E-state index in [9.17, 15) is 49.1 Å². The van der Waals surface area contributed by atoms with Gasteiger partial charge in [0.15, 0.2) is 0 Å². The first-order chi connectivity index (χ1) is 17.3. The minimum absolute atomic E-state index is 0.194. The molecule has 2 N–H and O–H groups in total. The van der Waals surface area contributed by atoms with Crippen LogP contribution >= 0.6 is 31.9 Å². The zero-order valence-electron chi connectivity index (χ0n) is 19.0. The van der Waals surface area contributed by atoms with Gasteiger partial charge < -0.3 is 10.6 Å². The molecular formula is C23H17Br2F9N2O2. The number of benzene rings is 2. The van der Waals surface area contributed by atoms with Crippen molar-refractivity contribution in [2.75, 3.05) is 6.54 Å². The van der Waals surface area contributed by atoms with Crippen LogP contribution in [0.15, 0.2) is 51.4 Å². The molecule has 0 spiro atoms. The van der Waals surface area contributed by atoms with Gasteiger partial charge in [-0.1, -0.05) is 50.1 Å². The van der Waals surface area contributed by atoms with E-state index in [0.717, 1.165) is 12.1 Å². The molecule has 2 amide bonds. The predicted octanol–water partition coefficient (Wildman–Crippen LogP) is 7.39. The molecule has 0 saturated carbocycles. The number of hydrogen-bond acceptors (Lipinski definition) is 2. The van der Waals surface area contributed by atoms with Crippen molar-refractivity contribution < 1.29 is 49.1 Å². The third-order valence-corrected chi connectivity index (χ3v) is 5.87. The fourth-order valence-electron chi connectivity index (χ4n) is 3.10. The van der Waals surface area contributed by atoms with Crippen LogP contribution in [0.3, 0.4) is 0 Å². The van der Waals surface area contributed by atoms with Gasteiger partial charge in [-0.3, -0.25) is 9.59 Å². The van der Waals surface area contributed by atoms with E-state index in [-0.39, 0.29) is 11.1 Å². The quantitative estimate of drug-likeness (QED) is 0.299. The molecule has 0 aromatic heterocycles. The molecule has 208 valence electrons. The molecule has 4 nitrogen and oxygen atoms in total. The number of amides is 2. The molecule has 0 radical (unpaired) electrons. The lowest BCUT2D eigenvalue weighted by Gasteiger charge is -2.18. The average molecular weight is 684 g/mol. The Bertz CT molecular complexity index is 1190. The molecule has 2 aromatic carbocycles. The largest absolute Gasteiger partial charge is 0.417 e. The fourth-order valence-corrected chi connectivity index (χ4v) is 4.43. The van der Waals surface area contributed by atoms with Crippen LogP contribution in [0.5, 0.6) is 0 Å². The number of halogens is 11. The van der Waals surface area contributed by atoms with Gasteiger partial charge in [0, 0.05) is 8.95 Å². The lowest BCUT2D eigenvalue weighted by Crippen LogP contribution is -2.47. The Balaban J connectivity index is 2.31. The Morgan fingerprint density at radius 2 is 1.47 bits per heavy atom.